The van der Waals surface area contributed by atoms with Crippen molar-refractivity contribution in [3.05, 3.63) is 125 Å². The highest BCUT2D eigenvalue weighted by atomic mass is 19.4. The normalized spacial score (nSPS) is 21.7. The van der Waals surface area contributed by atoms with E-state index in [-0.39, 0.29) is 23.3 Å². The highest BCUT2D eigenvalue weighted by molar-refractivity contribution is 5.93. The lowest BCUT2D eigenvalue weighted by molar-refractivity contribution is -0.137. The van der Waals surface area contributed by atoms with E-state index in [9.17, 15) is 22.4 Å². The van der Waals surface area contributed by atoms with Crippen LogP contribution in [0.1, 0.15) is 38.7 Å². The predicted octanol–water partition coefficient (Wildman–Crippen LogP) is 6.69. The monoisotopic (exact) mass is 556 g/mol. The van der Waals surface area contributed by atoms with Crippen LogP contribution in [0.3, 0.4) is 0 Å². The number of fused-ring (bicyclic) bond motifs is 2. The third kappa shape index (κ3) is 4.02. The van der Waals surface area contributed by atoms with Crippen LogP contribution in [0.25, 0.3) is 16.6 Å². The number of nitrogens with zero attached hydrogens (tertiary/aromatic N) is 4. The number of hydrogen-bond donors (Lipinski definition) is 0. The molecule has 1 saturated heterocycles. The molecule has 7 rings (SSSR count). The number of benzene rings is 3. The molecule has 2 fully saturated rings. The van der Waals surface area contributed by atoms with Gasteiger partial charge in [-0.2, -0.15) is 18.3 Å². The van der Waals surface area contributed by atoms with Gasteiger partial charge in [0.25, 0.3) is 5.91 Å². The largest absolute Gasteiger partial charge is 0.416 e. The molecule has 3 heterocycles. The first-order valence-electron chi connectivity index (χ1n) is 13.3. The quantitative estimate of drug-likeness (QED) is 0.232. The molecule has 0 bridgehead atoms. The molecular weight excluding hydrogens is 532 g/mol. The number of aryl methyl sites for hydroxylation is 1. The lowest BCUT2D eigenvalue weighted by atomic mass is 9.86. The Labute approximate surface area is 233 Å². The third-order valence-electron chi connectivity index (χ3n) is 8.62. The van der Waals surface area contributed by atoms with Crippen molar-refractivity contribution in [1.82, 2.24) is 19.7 Å². The summed E-state index contributed by atoms with van der Waals surface area (Å²) in [6.07, 6.45) is -1.75. The summed E-state index contributed by atoms with van der Waals surface area (Å²) in [6.45, 7) is 2.82. The van der Waals surface area contributed by atoms with Crippen LogP contribution in [0.5, 0.6) is 0 Å². The first kappa shape index (κ1) is 25.4. The average molecular weight is 557 g/mol. The first-order valence-corrected chi connectivity index (χ1v) is 13.3. The zero-order chi connectivity index (χ0) is 28.5. The zero-order valence-corrected chi connectivity index (χ0v) is 21.9. The number of rotatable bonds is 4. The summed E-state index contributed by atoms with van der Waals surface area (Å²) in [6, 6.07) is 22.1. The van der Waals surface area contributed by atoms with Gasteiger partial charge in [0.15, 0.2) is 0 Å². The van der Waals surface area contributed by atoms with Gasteiger partial charge in [-0.3, -0.25) is 9.78 Å². The summed E-state index contributed by atoms with van der Waals surface area (Å²) < 4.78 is 55.3. The van der Waals surface area contributed by atoms with E-state index in [1.165, 1.54) is 17.7 Å². The SMILES string of the molecule is Cc1cc2c(cnn2-c2ccc(F)cc2)cc1[C@]12CN(C(=O)c3cc(C(F)(F)F)ccn3)C[C@H]1[C@@H]2c1ccccc1. The van der Waals surface area contributed by atoms with E-state index in [1.807, 2.05) is 25.1 Å². The average Bonchev–Trinajstić information content (AvgIpc) is 3.22. The van der Waals surface area contributed by atoms with Gasteiger partial charge in [0.2, 0.25) is 0 Å². The minimum atomic E-state index is -4.56. The Bertz CT molecular complexity index is 1800. The summed E-state index contributed by atoms with van der Waals surface area (Å²) >= 11 is 0. The molecule has 41 heavy (non-hydrogen) atoms. The van der Waals surface area contributed by atoms with Gasteiger partial charge in [-0.1, -0.05) is 30.3 Å². The number of hydrogen-bond acceptors (Lipinski definition) is 3. The second kappa shape index (κ2) is 8.99. The smallest absolute Gasteiger partial charge is 0.336 e. The second-order valence-corrected chi connectivity index (χ2v) is 10.9. The molecule has 5 nitrogen and oxygen atoms in total. The number of aromatic nitrogens is 3. The highest BCUT2D eigenvalue weighted by Gasteiger charge is 2.71. The van der Waals surface area contributed by atoms with Gasteiger partial charge in [-0.05, 0) is 78.1 Å². The van der Waals surface area contributed by atoms with Crippen molar-refractivity contribution in [3.8, 4) is 5.69 Å². The fourth-order valence-electron chi connectivity index (χ4n) is 6.77. The van der Waals surface area contributed by atoms with E-state index in [1.54, 1.807) is 27.9 Å². The summed E-state index contributed by atoms with van der Waals surface area (Å²) in [7, 11) is 0. The lowest BCUT2D eigenvalue weighted by Crippen LogP contribution is -2.35. The molecule has 9 heteroatoms. The number of pyridine rings is 1. The Morgan fingerprint density at radius 2 is 1.76 bits per heavy atom. The molecule has 0 radical (unpaired) electrons. The number of likely N-dealkylation sites (tertiary alicyclic amines) is 1. The maximum atomic E-state index is 13.5. The van der Waals surface area contributed by atoms with Gasteiger partial charge in [0.1, 0.15) is 11.5 Å². The van der Waals surface area contributed by atoms with Crippen molar-refractivity contribution in [2.45, 2.75) is 24.4 Å². The van der Waals surface area contributed by atoms with Gasteiger partial charge in [-0.15, -0.1) is 0 Å². The number of carbonyl (C=O) groups is 1. The minimum Gasteiger partial charge on any atom is -0.336 e. The van der Waals surface area contributed by atoms with Crippen molar-refractivity contribution in [3.63, 3.8) is 0 Å². The molecule has 2 aromatic heterocycles. The Morgan fingerprint density at radius 1 is 1.00 bits per heavy atom. The van der Waals surface area contributed by atoms with Crippen molar-refractivity contribution >= 4 is 16.8 Å². The van der Waals surface area contributed by atoms with Crippen LogP contribution >= 0.6 is 0 Å². The van der Waals surface area contributed by atoms with Gasteiger partial charge in [0.05, 0.1) is 23.0 Å². The van der Waals surface area contributed by atoms with Crippen LogP contribution in [-0.2, 0) is 11.6 Å². The topological polar surface area (TPSA) is 51.0 Å². The molecule has 1 amide bonds. The van der Waals surface area contributed by atoms with Crippen molar-refractivity contribution in [2.75, 3.05) is 13.1 Å². The number of alkyl halides is 3. The standard InChI is InChI=1S/C32H24F4N4O/c1-19-13-28-21(16-38-40(28)24-9-7-23(33)8-10-24)14-25(19)31-18-39(17-26(31)29(31)20-5-3-2-4-6-20)30(41)27-15-22(11-12-37-27)32(34,35)36/h2-16,26,29H,17-18H2,1H3/t26-,29-,31+/m0/s1. The third-order valence-corrected chi connectivity index (χ3v) is 8.62. The summed E-state index contributed by atoms with van der Waals surface area (Å²) in [5.41, 5.74) is 3.41. The Morgan fingerprint density at radius 3 is 2.49 bits per heavy atom. The van der Waals surface area contributed by atoms with Crippen molar-refractivity contribution in [2.24, 2.45) is 5.92 Å². The molecule has 0 unspecified atom stereocenters. The first-order chi connectivity index (χ1) is 19.7. The van der Waals surface area contributed by atoms with Gasteiger partial charge in [0, 0.05) is 36.0 Å². The van der Waals surface area contributed by atoms with Gasteiger partial charge >= 0.3 is 6.18 Å². The van der Waals surface area contributed by atoms with E-state index in [0.717, 1.165) is 46.0 Å². The van der Waals surface area contributed by atoms with Crippen molar-refractivity contribution < 1.29 is 22.4 Å². The summed E-state index contributed by atoms with van der Waals surface area (Å²) in [5.74, 6) is -0.569. The van der Waals surface area contributed by atoms with E-state index in [4.69, 9.17) is 0 Å². The molecule has 1 aliphatic carbocycles. The predicted molar refractivity (Wildman–Crippen MR) is 145 cm³/mol. The minimum absolute atomic E-state index is 0.0999. The lowest BCUT2D eigenvalue weighted by Gasteiger charge is -2.26. The molecule has 3 aromatic carbocycles. The van der Waals surface area contributed by atoms with E-state index >= 15 is 0 Å². The molecule has 2 aliphatic rings. The number of amides is 1. The van der Waals surface area contributed by atoms with Crippen LogP contribution in [0, 0.1) is 18.7 Å². The molecule has 0 N–H and O–H groups in total. The van der Waals surface area contributed by atoms with Gasteiger partial charge < -0.3 is 4.90 Å². The molecule has 1 saturated carbocycles. The second-order valence-electron chi connectivity index (χ2n) is 10.9. The Kier molecular flexibility index (Phi) is 5.58. The molecule has 0 spiro atoms. The highest BCUT2D eigenvalue weighted by Crippen LogP contribution is 2.70. The van der Waals surface area contributed by atoms with Crippen LogP contribution in [0.15, 0.2) is 91.3 Å². The fraction of sp³-hybridized carbons (Fsp3) is 0.219. The molecule has 206 valence electrons. The summed E-state index contributed by atoms with van der Waals surface area (Å²) in [4.78, 5) is 19.1. The Hall–Kier alpha value is -4.53. The molecule has 1 aliphatic heterocycles. The van der Waals surface area contributed by atoms with Crippen molar-refractivity contribution in [1.29, 1.82) is 0 Å². The maximum absolute atomic E-state index is 13.5. The van der Waals surface area contributed by atoms with E-state index < -0.39 is 23.1 Å². The molecular formula is C32H24F4N4O. The zero-order valence-electron chi connectivity index (χ0n) is 21.9. The van der Waals surface area contributed by atoms with Crippen LogP contribution in [0.2, 0.25) is 0 Å². The van der Waals surface area contributed by atoms with E-state index in [0.29, 0.717) is 13.1 Å². The number of carbonyl (C=O) groups excluding carboxylic acids is 1. The number of halogens is 4. The van der Waals surface area contributed by atoms with E-state index in [2.05, 4.69) is 34.3 Å². The van der Waals surface area contributed by atoms with Gasteiger partial charge in [-0.25, -0.2) is 9.07 Å². The van der Waals surface area contributed by atoms with Crippen LogP contribution < -0.4 is 0 Å². The summed E-state index contributed by atoms with van der Waals surface area (Å²) in [5, 5.41) is 5.47. The fourth-order valence-corrected chi connectivity index (χ4v) is 6.77. The maximum Gasteiger partial charge on any atom is 0.416 e. The van der Waals surface area contributed by atoms with Crippen LogP contribution in [-0.4, -0.2) is 38.7 Å². The van der Waals surface area contributed by atoms with Crippen LogP contribution in [0.4, 0.5) is 17.6 Å². The Balaban J connectivity index is 1.28. The number of piperidine rings is 1. The molecule has 5 aromatic rings. The molecule has 3 atom stereocenters.